The number of nitrogen functional groups attached to an aromatic ring is 1. The summed E-state index contributed by atoms with van der Waals surface area (Å²) in [5.41, 5.74) is 7.52. The van der Waals surface area contributed by atoms with Crippen LogP contribution in [0.3, 0.4) is 0 Å². The van der Waals surface area contributed by atoms with Crippen molar-refractivity contribution < 1.29 is 9.87 Å². The number of anilines is 1. The van der Waals surface area contributed by atoms with Gasteiger partial charge in [-0.2, -0.15) is 5.26 Å². The van der Waals surface area contributed by atoms with E-state index in [4.69, 9.17) is 5.73 Å². The Balaban J connectivity index is 0.00000132. The van der Waals surface area contributed by atoms with Crippen molar-refractivity contribution in [1.82, 2.24) is 4.98 Å². The van der Waals surface area contributed by atoms with Crippen molar-refractivity contribution in [3.63, 3.8) is 0 Å². The standard InChI is InChI=1S/C16H10FN3S.CH4.H2O/c17-13-5-2-1-4-10(13)11-8-14(15-6-3-7-21-15)20-16(19)12(11)9-18;;/h1-8H,(H2,19,20);1H4;1H2. The monoisotopic (exact) mass is 329 g/mol. The molecule has 1 aromatic carbocycles. The SMILES string of the molecule is C.N#Cc1c(-c2ccccc2F)cc(-c2cccs2)nc1N.O. The van der Waals surface area contributed by atoms with Crippen LogP contribution in [0, 0.1) is 17.1 Å². The number of thiophene rings is 1. The van der Waals surface area contributed by atoms with Crippen LogP contribution < -0.4 is 5.73 Å². The fourth-order valence-corrected chi connectivity index (χ4v) is 2.81. The number of hydrogen-bond acceptors (Lipinski definition) is 4. The number of aromatic nitrogens is 1. The second-order valence-electron chi connectivity index (χ2n) is 4.38. The van der Waals surface area contributed by atoms with E-state index in [2.05, 4.69) is 4.98 Å². The molecule has 3 rings (SSSR count). The highest BCUT2D eigenvalue weighted by atomic mass is 32.1. The van der Waals surface area contributed by atoms with Crippen LogP contribution in [0.4, 0.5) is 10.2 Å². The van der Waals surface area contributed by atoms with Gasteiger partial charge in [0.25, 0.3) is 0 Å². The first-order chi connectivity index (χ1) is 10.2. The van der Waals surface area contributed by atoms with Crippen molar-refractivity contribution in [2.24, 2.45) is 0 Å². The second-order valence-corrected chi connectivity index (χ2v) is 5.33. The molecule has 0 amide bonds. The molecule has 4 N–H and O–H groups in total. The number of hydrogen-bond donors (Lipinski definition) is 1. The number of nitriles is 1. The molecule has 3 aromatic rings. The summed E-state index contributed by atoms with van der Waals surface area (Å²) in [6.45, 7) is 0. The molecule has 4 nitrogen and oxygen atoms in total. The smallest absolute Gasteiger partial charge is 0.142 e. The number of rotatable bonds is 2. The molecule has 2 aromatic heterocycles. The van der Waals surface area contributed by atoms with Crippen LogP contribution in [-0.4, -0.2) is 10.5 Å². The Morgan fingerprint density at radius 2 is 1.87 bits per heavy atom. The van der Waals surface area contributed by atoms with E-state index in [9.17, 15) is 9.65 Å². The minimum Gasteiger partial charge on any atom is -0.412 e. The summed E-state index contributed by atoms with van der Waals surface area (Å²) >= 11 is 1.51. The minimum absolute atomic E-state index is 0. The van der Waals surface area contributed by atoms with Crippen molar-refractivity contribution >= 4 is 17.2 Å². The van der Waals surface area contributed by atoms with Gasteiger partial charge in [0.1, 0.15) is 23.3 Å². The van der Waals surface area contributed by atoms with Crippen molar-refractivity contribution in [3.05, 3.63) is 59.2 Å². The summed E-state index contributed by atoms with van der Waals surface area (Å²) in [6, 6.07) is 13.8. The van der Waals surface area contributed by atoms with Gasteiger partial charge < -0.3 is 11.2 Å². The Hall–Kier alpha value is -2.75. The summed E-state index contributed by atoms with van der Waals surface area (Å²) in [7, 11) is 0. The lowest BCUT2D eigenvalue weighted by Crippen LogP contribution is -2.00. The van der Waals surface area contributed by atoms with Gasteiger partial charge in [0.05, 0.1) is 10.6 Å². The molecule has 0 fully saturated rings. The predicted octanol–water partition coefficient (Wildman–Crippen LogP) is 3.88. The van der Waals surface area contributed by atoms with E-state index in [0.29, 0.717) is 16.8 Å². The number of halogens is 1. The number of nitrogens with zero attached hydrogens (tertiary/aromatic N) is 2. The summed E-state index contributed by atoms with van der Waals surface area (Å²) in [6.07, 6.45) is 0. The van der Waals surface area contributed by atoms with Crippen LogP contribution in [0.5, 0.6) is 0 Å². The Morgan fingerprint density at radius 1 is 1.13 bits per heavy atom. The molecule has 23 heavy (non-hydrogen) atoms. The molecule has 0 radical (unpaired) electrons. The van der Waals surface area contributed by atoms with E-state index >= 15 is 0 Å². The van der Waals surface area contributed by atoms with Crippen LogP contribution in [0.25, 0.3) is 21.7 Å². The molecule has 0 spiro atoms. The summed E-state index contributed by atoms with van der Waals surface area (Å²) in [4.78, 5) is 5.17. The molecule has 0 bridgehead atoms. The van der Waals surface area contributed by atoms with Gasteiger partial charge in [-0.3, -0.25) is 0 Å². The molecular weight excluding hydrogens is 313 g/mol. The van der Waals surface area contributed by atoms with Gasteiger partial charge in [-0.15, -0.1) is 11.3 Å². The fourth-order valence-electron chi connectivity index (χ4n) is 2.12. The fraction of sp³-hybridized carbons (Fsp3) is 0.0588. The molecule has 0 aliphatic carbocycles. The van der Waals surface area contributed by atoms with Gasteiger partial charge in [0.2, 0.25) is 0 Å². The molecule has 0 saturated heterocycles. The van der Waals surface area contributed by atoms with Crippen LogP contribution >= 0.6 is 11.3 Å². The molecule has 0 atom stereocenters. The Morgan fingerprint density at radius 3 is 2.48 bits per heavy atom. The van der Waals surface area contributed by atoms with Crippen LogP contribution in [0.2, 0.25) is 0 Å². The maximum Gasteiger partial charge on any atom is 0.142 e. The third kappa shape index (κ3) is 3.37. The quantitative estimate of drug-likeness (QED) is 0.773. The van der Waals surface area contributed by atoms with Gasteiger partial charge in [-0.25, -0.2) is 9.37 Å². The Bertz CT molecular complexity index is 842. The van der Waals surface area contributed by atoms with Crippen LogP contribution in [-0.2, 0) is 0 Å². The third-order valence-electron chi connectivity index (χ3n) is 3.10. The minimum atomic E-state index is -0.392. The summed E-state index contributed by atoms with van der Waals surface area (Å²) in [5, 5.41) is 11.2. The van der Waals surface area contributed by atoms with E-state index in [0.717, 1.165) is 4.88 Å². The first kappa shape index (κ1) is 18.3. The second kappa shape index (κ2) is 7.49. The number of nitrogens with two attached hydrogens (primary N) is 1. The highest BCUT2D eigenvalue weighted by molar-refractivity contribution is 7.13. The number of pyridine rings is 1. The lowest BCUT2D eigenvalue weighted by atomic mass is 9.99. The van der Waals surface area contributed by atoms with Crippen molar-refractivity contribution in [2.45, 2.75) is 7.43 Å². The lowest BCUT2D eigenvalue weighted by molar-refractivity contribution is 0.631. The molecule has 0 aliphatic rings. The zero-order valence-electron chi connectivity index (χ0n) is 11.4. The Labute approximate surface area is 138 Å². The van der Waals surface area contributed by atoms with E-state index < -0.39 is 5.82 Å². The maximum absolute atomic E-state index is 14.0. The molecule has 118 valence electrons. The molecule has 6 heteroatoms. The molecule has 2 heterocycles. The summed E-state index contributed by atoms with van der Waals surface area (Å²) in [5.74, 6) is -0.279. The average Bonchev–Trinajstić information content (AvgIpc) is 3.01. The van der Waals surface area contributed by atoms with Crippen LogP contribution in [0.15, 0.2) is 47.8 Å². The predicted molar refractivity (Wildman–Crippen MR) is 92.4 cm³/mol. The zero-order valence-corrected chi connectivity index (χ0v) is 12.2. The van der Waals surface area contributed by atoms with Crippen molar-refractivity contribution in [3.8, 4) is 27.8 Å². The largest absolute Gasteiger partial charge is 0.412 e. The molecule has 0 aliphatic heterocycles. The van der Waals surface area contributed by atoms with E-state index in [1.807, 2.05) is 23.6 Å². The van der Waals surface area contributed by atoms with E-state index in [-0.39, 0.29) is 24.3 Å². The van der Waals surface area contributed by atoms with Gasteiger partial charge in [0, 0.05) is 11.1 Å². The summed E-state index contributed by atoms with van der Waals surface area (Å²) < 4.78 is 14.0. The van der Waals surface area contributed by atoms with E-state index in [1.54, 1.807) is 24.3 Å². The van der Waals surface area contributed by atoms with Gasteiger partial charge >= 0.3 is 0 Å². The third-order valence-corrected chi connectivity index (χ3v) is 3.99. The topological polar surface area (TPSA) is 94.2 Å². The van der Waals surface area contributed by atoms with E-state index in [1.165, 1.54) is 17.4 Å². The number of benzene rings is 1. The molecular formula is C17H16FN3OS. The highest BCUT2D eigenvalue weighted by Crippen LogP contribution is 2.33. The highest BCUT2D eigenvalue weighted by Gasteiger charge is 2.16. The normalized spacial score (nSPS) is 9.39. The van der Waals surface area contributed by atoms with Crippen LogP contribution in [0.1, 0.15) is 13.0 Å². The Kier molecular flexibility index (Phi) is 5.96. The van der Waals surface area contributed by atoms with Gasteiger partial charge in [0.15, 0.2) is 0 Å². The average molecular weight is 329 g/mol. The zero-order chi connectivity index (χ0) is 14.8. The van der Waals surface area contributed by atoms with Gasteiger partial charge in [-0.05, 0) is 23.6 Å². The lowest BCUT2D eigenvalue weighted by Gasteiger charge is -2.10. The molecule has 0 unspecified atom stereocenters. The first-order valence-corrected chi connectivity index (χ1v) is 7.08. The van der Waals surface area contributed by atoms with Gasteiger partial charge in [-0.1, -0.05) is 31.7 Å². The van der Waals surface area contributed by atoms with Crippen molar-refractivity contribution in [2.75, 3.05) is 5.73 Å². The first-order valence-electron chi connectivity index (χ1n) is 6.20. The maximum atomic E-state index is 14.0. The molecule has 0 saturated carbocycles. The van der Waals surface area contributed by atoms with Crippen molar-refractivity contribution in [1.29, 1.82) is 5.26 Å².